The SMILES string of the molecule is CC/C=C/C(=O)Cc1cc(Cl)ccc1F. The summed E-state index contributed by atoms with van der Waals surface area (Å²) in [6, 6.07) is 4.22. The molecule has 0 fully saturated rings. The molecule has 0 amide bonds. The Hall–Kier alpha value is -1.15. The molecule has 1 aromatic carbocycles. The van der Waals surface area contributed by atoms with Crippen LogP contribution in [0.15, 0.2) is 30.4 Å². The lowest BCUT2D eigenvalue weighted by Gasteiger charge is -2.00. The van der Waals surface area contributed by atoms with Crippen LogP contribution in [0.4, 0.5) is 4.39 Å². The second kappa shape index (κ2) is 5.66. The normalized spacial score (nSPS) is 10.9. The first-order valence-electron chi connectivity index (χ1n) is 4.76. The van der Waals surface area contributed by atoms with Crippen LogP contribution in [0.25, 0.3) is 0 Å². The van der Waals surface area contributed by atoms with Gasteiger partial charge >= 0.3 is 0 Å². The summed E-state index contributed by atoms with van der Waals surface area (Å²) in [7, 11) is 0. The summed E-state index contributed by atoms with van der Waals surface area (Å²) in [5.41, 5.74) is 0.341. The number of allylic oxidation sites excluding steroid dienone is 2. The fraction of sp³-hybridized carbons (Fsp3) is 0.250. The minimum absolute atomic E-state index is 0.0584. The van der Waals surface area contributed by atoms with Gasteiger partial charge in [0.15, 0.2) is 5.78 Å². The summed E-state index contributed by atoms with van der Waals surface area (Å²) in [5, 5.41) is 0.443. The van der Waals surface area contributed by atoms with Crippen LogP contribution in [0.3, 0.4) is 0 Å². The van der Waals surface area contributed by atoms with E-state index in [1.165, 1.54) is 24.3 Å². The lowest BCUT2D eigenvalue weighted by molar-refractivity contribution is -0.114. The van der Waals surface area contributed by atoms with Crippen molar-refractivity contribution < 1.29 is 9.18 Å². The Labute approximate surface area is 93.6 Å². The second-order valence-corrected chi connectivity index (χ2v) is 3.63. The van der Waals surface area contributed by atoms with Crippen LogP contribution in [-0.4, -0.2) is 5.78 Å². The van der Waals surface area contributed by atoms with Gasteiger partial charge in [-0.05, 0) is 36.3 Å². The topological polar surface area (TPSA) is 17.1 Å². The van der Waals surface area contributed by atoms with Crippen LogP contribution in [0.5, 0.6) is 0 Å². The quantitative estimate of drug-likeness (QED) is 0.718. The summed E-state index contributed by atoms with van der Waals surface area (Å²) < 4.78 is 13.2. The highest BCUT2D eigenvalue weighted by molar-refractivity contribution is 6.30. The average Bonchev–Trinajstić information content (AvgIpc) is 2.20. The molecule has 0 atom stereocenters. The molecule has 3 heteroatoms. The summed E-state index contributed by atoms with van der Waals surface area (Å²) in [6.07, 6.45) is 4.08. The first-order chi connectivity index (χ1) is 7.13. The lowest BCUT2D eigenvalue weighted by Crippen LogP contribution is -2.00. The number of carbonyl (C=O) groups is 1. The molecule has 1 rings (SSSR count). The van der Waals surface area contributed by atoms with Crippen molar-refractivity contribution in [3.05, 3.63) is 46.8 Å². The Balaban J connectivity index is 2.76. The van der Waals surface area contributed by atoms with E-state index in [1.807, 2.05) is 6.92 Å². The third kappa shape index (κ3) is 3.84. The van der Waals surface area contributed by atoms with Crippen molar-refractivity contribution in [2.24, 2.45) is 0 Å². The number of hydrogen-bond donors (Lipinski definition) is 0. The molecule has 0 aliphatic heterocycles. The number of ketones is 1. The van der Waals surface area contributed by atoms with Gasteiger partial charge in [0, 0.05) is 11.4 Å². The highest BCUT2D eigenvalue weighted by atomic mass is 35.5. The van der Waals surface area contributed by atoms with E-state index < -0.39 is 5.82 Å². The van der Waals surface area contributed by atoms with Gasteiger partial charge in [0.1, 0.15) is 5.82 Å². The summed E-state index contributed by atoms with van der Waals surface area (Å²) in [5.74, 6) is -0.504. The fourth-order valence-corrected chi connectivity index (χ4v) is 1.37. The Bertz CT molecular complexity index is 385. The van der Waals surface area contributed by atoms with E-state index in [-0.39, 0.29) is 12.2 Å². The van der Waals surface area contributed by atoms with Gasteiger partial charge in [-0.1, -0.05) is 24.6 Å². The van der Waals surface area contributed by atoms with E-state index in [0.29, 0.717) is 10.6 Å². The maximum Gasteiger partial charge on any atom is 0.159 e. The van der Waals surface area contributed by atoms with Crippen molar-refractivity contribution in [3.63, 3.8) is 0 Å². The maximum atomic E-state index is 13.2. The number of hydrogen-bond acceptors (Lipinski definition) is 1. The molecule has 0 aliphatic rings. The van der Waals surface area contributed by atoms with Crippen molar-refractivity contribution in [2.75, 3.05) is 0 Å². The maximum absolute atomic E-state index is 13.2. The number of carbonyl (C=O) groups excluding carboxylic acids is 1. The van der Waals surface area contributed by atoms with Crippen LogP contribution in [0, 0.1) is 5.82 Å². The third-order valence-corrected chi connectivity index (χ3v) is 2.15. The highest BCUT2D eigenvalue weighted by Crippen LogP contribution is 2.15. The van der Waals surface area contributed by atoms with Gasteiger partial charge in [0.05, 0.1) is 0 Å². The van der Waals surface area contributed by atoms with E-state index >= 15 is 0 Å². The van der Waals surface area contributed by atoms with Crippen molar-refractivity contribution in [2.45, 2.75) is 19.8 Å². The molecule has 1 aromatic rings. The van der Waals surface area contributed by atoms with Gasteiger partial charge in [0.2, 0.25) is 0 Å². The van der Waals surface area contributed by atoms with Gasteiger partial charge in [-0.15, -0.1) is 0 Å². The molecular weight excluding hydrogens is 215 g/mol. The van der Waals surface area contributed by atoms with Crippen LogP contribution in [0.2, 0.25) is 5.02 Å². The number of rotatable bonds is 4. The van der Waals surface area contributed by atoms with E-state index in [4.69, 9.17) is 11.6 Å². The molecule has 0 N–H and O–H groups in total. The first-order valence-corrected chi connectivity index (χ1v) is 5.14. The van der Waals surface area contributed by atoms with Crippen molar-refractivity contribution >= 4 is 17.4 Å². The van der Waals surface area contributed by atoms with Gasteiger partial charge in [0.25, 0.3) is 0 Å². The van der Waals surface area contributed by atoms with Crippen LogP contribution < -0.4 is 0 Å². The molecule has 0 aliphatic carbocycles. The van der Waals surface area contributed by atoms with Crippen molar-refractivity contribution in [1.82, 2.24) is 0 Å². The summed E-state index contributed by atoms with van der Waals surface area (Å²) >= 11 is 5.71. The molecule has 0 bridgehead atoms. The van der Waals surface area contributed by atoms with Crippen LogP contribution >= 0.6 is 11.6 Å². The third-order valence-electron chi connectivity index (χ3n) is 1.91. The molecule has 0 spiro atoms. The monoisotopic (exact) mass is 226 g/mol. The summed E-state index contributed by atoms with van der Waals surface area (Å²) in [4.78, 5) is 11.3. The number of benzene rings is 1. The molecule has 15 heavy (non-hydrogen) atoms. The molecule has 0 aromatic heterocycles. The zero-order valence-corrected chi connectivity index (χ0v) is 9.22. The van der Waals surface area contributed by atoms with E-state index in [1.54, 1.807) is 6.08 Å². The average molecular weight is 227 g/mol. The summed E-state index contributed by atoms with van der Waals surface area (Å²) in [6.45, 7) is 1.93. The largest absolute Gasteiger partial charge is 0.294 e. The predicted molar refractivity (Wildman–Crippen MR) is 59.6 cm³/mol. The van der Waals surface area contributed by atoms with Gasteiger partial charge < -0.3 is 0 Å². The fourth-order valence-electron chi connectivity index (χ4n) is 1.17. The van der Waals surface area contributed by atoms with E-state index in [0.717, 1.165) is 6.42 Å². The predicted octanol–water partition coefficient (Wildman–Crippen LogP) is 3.56. The molecule has 0 saturated carbocycles. The van der Waals surface area contributed by atoms with E-state index in [9.17, 15) is 9.18 Å². The van der Waals surface area contributed by atoms with Crippen LogP contribution in [-0.2, 0) is 11.2 Å². The minimum Gasteiger partial charge on any atom is -0.294 e. The Morgan fingerprint density at radius 2 is 2.27 bits per heavy atom. The number of halogens is 2. The van der Waals surface area contributed by atoms with Gasteiger partial charge in [-0.2, -0.15) is 0 Å². The lowest BCUT2D eigenvalue weighted by atomic mass is 10.1. The molecule has 0 unspecified atom stereocenters. The van der Waals surface area contributed by atoms with Crippen molar-refractivity contribution in [3.8, 4) is 0 Å². The minimum atomic E-state index is -0.391. The first kappa shape index (κ1) is 11.9. The molecular formula is C12H12ClFO. The Morgan fingerprint density at radius 3 is 2.93 bits per heavy atom. The van der Waals surface area contributed by atoms with E-state index in [2.05, 4.69) is 0 Å². The van der Waals surface area contributed by atoms with Crippen LogP contribution in [0.1, 0.15) is 18.9 Å². The standard InChI is InChI=1S/C12H12ClFO/c1-2-3-4-11(15)8-9-7-10(13)5-6-12(9)14/h3-7H,2,8H2,1H3/b4-3+. The van der Waals surface area contributed by atoms with Crippen molar-refractivity contribution in [1.29, 1.82) is 0 Å². The second-order valence-electron chi connectivity index (χ2n) is 3.19. The van der Waals surface area contributed by atoms with Gasteiger partial charge in [-0.3, -0.25) is 4.79 Å². The highest BCUT2D eigenvalue weighted by Gasteiger charge is 2.06. The molecule has 1 nitrogen and oxygen atoms in total. The Morgan fingerprint density at radius 1 is 1.53 bits per heavy atom. The zero-order valence-electron chi connectivity index (χ0n) is 8.47. The molecule has 0 radical (unpaired) electrons. The van der Waals surface area contributed by atoms with Gasteiger partial charge in [-0.25, -0.2) is 4.39 Å². The molecule has 0 heterocycles. The Kier molecular flexibility index (Phi) is 4.50. The molecule has 0 saturated heterocycles. The molecule has 80 valence electrons. The zero-order chi connectivity index (χ0) is 11.3. The smallest absolute Gasteiger partial charge is 0.159 e.